The molecule has 1 atom stereocenters. The Kier molecular flexibility index (Phi) is 5.69. The van der Waals surface area contributed by atoms with Gasteiger partial charge in [0.15, 0.2) is 0 Å². The molecule has 1 nitrogen and oxygen atoms in total. The predicted molar refractivity (Wildman–Crippen MR) is 92.6 cm³/mol. The van der Waals surface area contributed by atoms with Crippen LogP contribution in [-0.4, -0.2) is 7.05 Å². The SMILES string of the molecule is CCc1ccc(CC)c(C(NC)c2ccc(Cl)c(Cl)c2)c1. The van der Waals surface area contributed by atoms with Gasteiger partial charge in [0.25, 0.3) is 0 Å². The van der Waals surface area contributed by atoms with Crippen LogP contribution in [0.25, 0.3) is 0 Å². The molecule has 2 rings (SSSR count). The van der Waals surface area contributed by atoms with E-state index >= 15 is 0 Å². The summed E-state index contributed by atoms with van der Waals surface area (Å²) in [5.74, 6) is 0. The summed E-state index contributed by atoms with van der Waals surface area (Å²) >= 11 is 12.2. The van der Waals surface area contributed by atoms with Crippen LogP contribution in [0.1, 0.15) is 42.1 Å². The molecule has 112 valence electrons. The Labute approximate surface area is 137 Å². The lowest BCUT2D eigenvalue weighted by atomic mass is 9.91. The lowest BCUT2D eigenvalue weighted by molar-refractivity contribution is 0.683. The Morgan fingerprint density at radius 2 is 1.71 bits per heavy atom. The molecular formula is C18H21Cl2N. The van der Waals surface area contributed by atoms with Gasteiger partial charge >= 0.3 is 0 Å². The summed E-state index contributed by atoms with van der Waals surface area (Å²) in [6, 6.07) is 12.7. The minimum Gasteiger partial charge on any atom is -0.309 e. The van der Waals surface area contributed by atoms with Crippen molar-refractivity contribution in [2.75, 3.05) is 7.05 Å². The van der Waals surface area contributed by atoms with Gasteiger partial charge in [-0.05, 0) is 54.3 Å². The van der Waals surface area contributed by atoms with Crippen LogP contribution in [0.5, 0.6) is 0 Å². The molecule has 0 aliphatic rings. The molecule has 0 heterocycles. The van der Waals surface area contributed by atoms with Gasteiger partial charge in [-0.25, -0.2) is 0 Å². The van der Waals surface area contributed by atoms with E-state index in [-0.39, 0.29) is 6.04 Å². The molecule has 2 aromatic carbocycles. The fraction of sp³-hybridized carbons (Fsp3) is 0.333. The van der Waals surface area contributed by atoms with Crippen molar-refractivity contribution >= 4 is 23.2 Å². The molecule has 2 aromatic rings. The van der Waals surface area contributed by atoms with Crippen LogP contribution >= 0.6 is 23.2 Å². The van der Waals surface area contributed by atoms with Gasteiger partial charge in [-0.15, -0.1) is 0 Å². The molecule has 0 bridgehead atoms. The molecule has 0 saturated heterocycles. The zero-order valence-corrected chi connectivity index (χ0v) is 14.2. The van der Waals surface area contributed by atoms with E-state index in [0.717, 1.165) is 18.4 Å². The third-order valence-electron chi connectivity index (χ3n) is 3.88. The molecule has 1 unspecified atom stereocenters. The first kappa shape index (κ1) is 16.4. The molecule has 0 aromatic heterocycles. The molecule has 0 saturated carbocycles. The summed E-state index contributed by atoms with van der Waals surface area (Å²) in [7, 11) is 1.98. The van der Waals surface area contributed by atoms with Crippen molar-refractivity contribution in [3.63, 3.8) is 0 Å². The number of hydrogen-bond donors (Lipinski definition) is 1. The second-order valence-corrected chi connectivity index (χ2v) is 5.95. The van der Waals surface area contributed by atoms with E-state index in [4.69, 9.17) is 23.2 Å². The Hall–Kier alpha value is -1.02. The lowest BCUT2D eigenvalue weighted by Crippen LogP contribution is -2.19. The van der Waals surface area contributed by atoms with Gasteiger partial charge in [-0.1, -0.05) is 61.3 Å². The van der Waals surface area contributed by atoms with Gasteiger partial charge in [0, 0.05) is 0 Å². The third-order valence-corrected chi connectivity index (χ3v) is 4.62. The minimum atomic E-state index is 0.126. The topological polar surface area (TPSA) is 12.0 Å². The third kappa shape index (κ3) is 3.60. The van der Waals surface area contributed by atoms with Gasteiger partial charge in [-0.3, -0.25) is 0 Å². The second kappa shape index (κ2) is 7.31. The van der Waals surface area contributed by atoms with Crippen molar-refractivity contribution in [2.24, 2.45) is 0 Å². The molecule has 0 fully saturated rings. The summed E-state index contributed by atoms with van der Waals surface area (Å²) < 4.78 is 0. The van der Waals surface area contributed by atoms with Gasteiger partial charge in [0.2, 0.25) is 0 Å². The fourth-order valence-electron chi connectivity index (χ4n) is 2.65. The summed E-state index contributed by atoms with van der Waals surface area (Å²) in [5, 5.41) is 4.59. The lowest BCUT2D eigenvalue weighted by Gasteiger charge is -2.21. The Morgan fingerprint density at radius 3 is 2.29 bits per heavy atom. The van der Waals surface area contributed by atoms with E-state index < -0.39 is 0 Å². The summed E-state index contributed by atoms with van der Waals surface area (Å²) in [4.78, 5) is 0. The zero-order valence-electron chi connectivity index (χ0n) is 12.7. The number of nitrogens with one attached hydrogen (secondary N) is 1. The first-order valence-electron chi connectivity index (χ1n) is 7.34. The normalized spacial score (nSPS) is 12.4. The number of aryl methyl sites for hydroxylation is 2. The highest BCUT2D eigenvalue weighted by atomic mass is 35.5. The highest BCUT2D eigenvalue weighted by Gasteiger charge is 2.16. The maximum absolute atomic E-state index is 6.17. The fourth-order valence-corrected chi connectivity index (χ4v) is 2.96. The first-order valence-corrected chi connectivity index (χ1v) is 8.10. The molecule has 21 heavy (non-hydrogen) atoms. The zero-order chi connectivity index (χ0) is 15.4. The Morgan fingerprint density at radius 1 is 0.952 bits per heavy atom. The quantitative estimate of drug-likeness (QED) is 0.774. The van der Waals surface area contributed by atoms with E-state index in [1.165, 1.54) is 16.7 Å². The van der Waals surface area contributed by atoms with Crippen LogP contribution in [-0.2, 0) is 12.8 Å². The number of halogens is 2. The smallest absolute Gasteiger partial charge is 0.0595 e. The van der Waals surface area contributed by atoms with Crippen LogP contribution in [0.2, 0.25) is 10.0 Å². The van der Waals surface area contributed by atoms with Crippen LogP contribution < -0.4 is 5.32 Å². The van der Waals surface area contributed by atoms with Crippen LogP contribution in [0.4, 0.5) is 0 Å². The number of rotatable bonds is 5. The molecular weight excluding hydrogens is 301 g/mol. The molecule has 0 amide bonds. The van der Waals surface area contributed by atoms with E-state index in [1.807, 2.05) is 25.2 Å². The molecule has 1 N–H and O–H groups in total. The highest BCUT2D eigenvalue weighted by molar-refractivity contribution is 6.42. The predicted octanol–water partition coefficient (Wildman–Crippen LogP) is 5.43. The number of hydrogen-bond acceptors (Lipinski definition) is 1. The van der Waals surface area contributed by atoms with Crippen LogP contribution in [0.3, 0.4) is 0 Å². The highest BCUT2D eigenvalue weighted by Crippen LogP contribution is 2.31. The Balaban J connectivity index is 2.51. The van der Waals surface area contributed by atoms with Crippen LogP contribution in [0, 0.1) is 0 Å². The molecule has 0 radical (unpaired) electrons. The van der Waals surface area contributed by atoms with Gasteiger partial charge in [0.05, 0.1) is 16.1 Å². The van der Waals surface area contributed by atoms with Gasteiger partial charge in [0.1, 0.15) is 0 Å². The van der Waals surface area contributed by atoms with Gasteiger partial charge < -0.3 is 5.32 Å². The van der Waals surface area contributed by atoms with Crippen molar-refractivity contribution in [3.8, 4) is 0 Å². The van der Waals surface area contributed by atoms with Crippen molar-refractivity contribution < 1.29 is 0 Å². The molecule has 3 heteroatoms. The first-order chi connectivity index (χ1) is 10.1. The molecule has 0 spiro atoms. The van der Waals surface area contributed by atoms with E-state index in [9.17, 15) is 0 Å². The summed E-state index contributed by atoms with van der Waals surface area (Å²) in [6.45, 7) is 4.37. The van der Waals surface area contributed by atoms with E-state index in [0.29, 0.717) is 10.0 Å². The van der Waals surface area contributed by atoms with E-state index in [1.54, 1.807) is 0 Å². The van der Waals surface area contributed by atoms with Crippen molar-refractivity contribution in [3.05, 3.63) is 68.7 Å². The van der Waals surface area contributed by atoms with Crippen LogP contribution in [0.15, 0.2) is 36.4 Å². The standard InChI is InChI=1S/C18H21Cl2N/c1-4-12-6-7-13(5-2)15(10-12)18(21-3)14-8-9-16(19)17(20)11-14/h6-11,18,21H,4-5H2,1-3H3. The second-order valence-electron chi connectivity index (χ2n) is 5.14. The number of benzene rings is 2. The molecule has 0 aliphatic carbocycles. The average Bonchev–Trinajstić information content (AvgIpc) is 2.51. The molecule has 0 aliphatic heterocycles. The maximum atomic E-state index is 6.17. The van der Waals surface area contributed by atoms with Gasteiger partial charge in [-0.2, -0.15) is 0 Å². The average molecular weight is 322 g/mol. The van der Waals surface area contributed by atoms with Crippen molar-refractivity contribution in [1.82, 2.24) is 5.32 Å². The Bertz CT molecular complexity index is 623. The van der Waals surface area contributed by atoms with E-state index in [2.05, 4.69) is 37.4 Å². The maximum Gasteiger partial charge on any atom is 0.0595 e. The minimum absolute atomic E-state index is 0.126. The monoisotopic (exact) mass is 321 g/mol. The summed E-state index contributed by atoms with van der Waals surface area (Å²) in [5.41, 5.74) is 5.16. The summed E-state index contributed by atoms with van der Waals surface area (Å²) in [6.07, 6.45) is 2.05. The largest absolute Gasteiger partial charge is 0.309 e. The van der Waals surface area contributed by atoms with Crippen molar-refractivity contribution in [1.29, 1.82) is 0 Å². The van der Waals surface area contributed by atoms with Crippen molar-refractivity contribution in [2.45, 2.75) is 32.7 Å².